The molecule has 2 atom stereocenters. The molecule has 0 bridgehead atoms. The Kier molecular flexibility index (Phi) is 7.14. The highest BCUT2D eigenvalue weighted by Gasteiger charge is 2.54. The van der Waals surface area contributed by atoms with Crippen LogP contribution in [0.25, 0.3) is 0 Å². The maximum absolute atomic E-state index is 13.1. The average molecular weight is 562 g/mol. The van der Waals surface area contributed by atoms with Gasteiger partial charge in [-0.25, -0.2) is 14.3 Å². The van der Waals surface area contributed by atoms with Gasteiger partial charge in [-0.1, -0.05) is 5.16 Å². The van der Waals surface area contributed by atoms with Gasteiger partial charge in [-0.3, -0.25) is 14.5 Å². The van der Waals surface area contributed by atoms with E-state index in [0.717, 1.165) is 35.5 Å². The van der Waals surface area contributed by atoms with Gasteiger partial charge in [0, 0.05) is 39.8 Å². The number of hydrogen-bond acceptors (Lipinski definition) is 10. The Balaban J connectivity index is 1.31. The first-order valence-corrected chi connectivity index (χ1v) is 14.4. The minimum absolute atomic E-state index is 0.00272. The molecule has 0 saturated carbocycles. The van der Waals surface area contributed by atoms with Crippen molar-refractivity contribution in [3.63, 3.8) is 0 Å². The molecule has 0 radical (unpaired) electrons. The molecule has 37 heavy (non-hydrogen) atoms. The smallest absolute Gasteiger partial charge is 0.352 e. The normalized spacial score (nSPS) is 20.9. The summed E-state index contributed by atoms with van der Waals surface area (Å²) in [5.74, 6) is -1.37. The van der Waals surface area contributed by atoms with Crippen LogP contribution in [-0.4, -0.2) is 68.5 Å². The number of pyridine rings is 1. The number of aliphatic carboxylic acids is 1. The van der Waals surface area contributed by atoms with Crippen molar-refractivity contribution in [3.8, 4) is 0 Å². The SMILES string of the molecule is CO/N=C(/C(=O)N[C@H]1C(=O)N2C(C(=O)O)=C(CSc3cc[n+](C)c4c3CCC4)CS[C@@H]12)c1csc(N)n1. The van der Waals surface area contributed by atoms with Crippen LogP contribution in [0.5, 0.6) is 0 Å². The lowest BCUT2D eigenvalue weighted by Gasteiger charge is -2.49. The van der Waals surface area contributed by atoms with Gasteiger partial charge in [0.15, 0.2) is 22.7 Å². The van der Waals surface area contributed by atoms with Crippen LogP contribution in [0.2, 0.25) is 0 Å². The van der Waals surface area contributed by atoms with E-state index in [0.29, 0.717) is 17.1 Å². The van der Waals surface area contributed by atoms with E-state index in [1.165, 1.54) is 35.0 Å². The summed E-state index contributed by atoms with van der Waals surface area (Å²) in [7, 11) is 3.34. The molecule has 4 N–H and O–H groups in total. The number of rotatable bonds is 8. The van der Waals surface area contributed by atoms with Crippen LogP contribution in [0.15, 0.2) is 39.0 Å². The maximum atomic E-state index is 13.1. The molecule has 2 aliphatic heterocycles. The first-order chi connectivity index (χ1) is 17.8. The number of amides is 2. The van der Waals surface area contributed by atoms with Gasteiger partial charge in [0.2, 0.25) is 0 Å². The van der Waals surface area contributed by atoms with Gasteiger partial charge in [-0.15, -0.1) is 34.9 Å². The second-order valence-corrected chi connectivity index (χ2v) is 11.7. The number of oxime groups is 1. The van der Waals surface area contributed by atoms with Crippen LogP contribution in [0.4, 0.5) is 5.13 Å². The Bertz CT molecular complexity index is 1360. The highest BCUT2D eigenvalue weighted by atomic mass is 32.2. The predicted octanol–water partition coefficient (Wildman–Crippen LogP) is 0.920. The van der Waals surface area contributed by atoms with Crippen LogP contribution in [-0.2, 0) is 39.1 Å². The molecule has 0 spiro atoms. The molecule has 5 rings (SSSR count). The molecule has 3 aliphatic rings. The molecule has 2 aromatic rings. The molecule has 0 aromatic carbocycles. The van der Waals surface area contributed by atoms with E-state index in [1.54, 1.807) is 17.1 Å². The molecule has 1 saturated heterocycles. The van der Waals surface area contributed by atoms with Gasteiger partial charge in [0.05, 0.1) is 0 Å². The summed E-state index contributed by atoms with van der Waals surface area (Å²) in [6.07, 6.45) is 5.21. The zero-order chi connectivity index (χ0) is 26.3. The number of carbonyl (C=O) groups excluding carboxylic acids is 2. The highest BCUT2D eigenvalue weighted by molar-refractivity contribution is 8.01. The molecule has 1 fully saturated rings. The van der Waals surface area contributed by atoms with Crippen LogP contribution >= 0.6 is 34.9 Å². The van der Waals surface area contributed by atoms with Crippen molar-refractivity contribution < 1.29 is 28.9 Å². The van der Waals surface area contributed by atoms with Crippen molar-refractivity contribution in [3.05, 3.63) is 45.9 Å². The van der Waals surface area contributed by atoms with E-state index < -0.39 is 29.2 Å². The molecule has 4 heterocycles. The van der Waals surface area contributed by atoms with Crippen LogP contribution in [0.3, 0.4) is 0 Å². The number of anilines is 1. The Morgan fingerprint density at radius 3 is 2.95 bits per heavy atom. The Labute approximate surface area is 225 Å². The summed E-state index contributed by atoms with van der Waals surface area (Å²) in [5.41, 5.74) is 9.12. The quantitative estimate of drug-likeness (QED) is 0.140. The van der Waals surface area contributed by atoms with E-state index in [-0.39, 0.29) is 22.2 Å². The fourth-order valence-electron chi connectivity index (χ4n) is 4.75. The molecule has 14 heteroatoms. The summed E-state index contributed by atoms with van der Waals surface area (Å²) >= 11 is 4.18. The number of aryl methyl sites for hydroxylation is 1. The zero-order valence-corrected chi connectivity index (χ0v) is 22.5. The molecule has 194 valence electrons. The standard InChI is InChI=1S/C23H24N6O5S3/c1-28-7-6-15(12-4-3-5-14(12)28)35-8-11-9-36-21-17(20(31)29(21)18(11)22(32)33)26-19(30)16(27-34-2)13-10-37-23(24)25-13/h6-7,10,17,21H,3-5,8-9H2,1-2H3,(H3-,24,25,26,30,32,33)/p+1/b27-16+/t17-,21-/m0/s1. The third kappa shape index (κ3) is 4.68. The molecule has 11 nitrogen and oxygen atoms in total. The number of nitrogens with two attached hydrogens (primary N) is 1. The first kappa shape index (κ1) is 25.5. The fourth-order valence-corrected chi connectivity index (χ4v) is 7.89. The van der Waals surface area contributed by atoms with E-state index in [2.05, 4.69) is 26.1 Å². The molecule has 1 aliphatic carbocycles. The third-order valence-corrected chi connectivity index (χ3v) is 9.66. The molecular weight excluding hydrogens is 536 g/mol. The monoisotopic (exact) mass is 561 g/mol. The van der Waals surface area contributed by atoms with Crippen LogP contribution in [0.1, 0.15) is 23.4 Å². The lowest BCUT2D eigenvalue weighted by molar-refractivity contribution is -0.679. The Morgan fingerprint density at radius 1 is 1.43 bits per heavy atom. The van der Waals surface area contributed by atoms with Crippen molar-refractivity contribution in [1.29, 1.82) is 0 Å². The number of hydrogen-bond donors (Lipinski definition) is 3. The van der Waals surface area contributed by atoms with Crippen molar-refractivity contribution in [2.24, 2.45) is 12.2 Å². The second kappa shape index (κ2) is 10.3. The Hall–Kier alpha value is -3.10. The van der Waals surface area contributed by atoms with Crippen LogP contribution < -0.4 is 15.6 Å². The zero-order valence-electron chi connectivity index (χ0n) is 20.1. The predicted molar refractivity (Wildman–Crippen MR) is 140 cm³/mol. The lowest BCUT2D eigenvalue weighted by Crippen LogP contribution is -2.71. The number of carbonyl (C=O) groups is 3. The van der Waals surface area contributed by atoms with Gasteiger partial charge in [-0.05, 0) is 18.4 Å². The van der Waals surface area contributed by atoms with Gasteiger partial charge in [0.25, 0.3) is 11.8 Å². The first-order valence-electron chi connectivity index (χ1n) is 11.5. The number of fused-ring (bicyclic) bond motifs is 2. The molecule has 2 amide bonds. The number of β-lactam (4-membered cyclic amide) rings is 1. The number of nitrogen functional groups attached to an aromatic ring is 1. The Morgan fingerprint density at radius 2 is 2.24 bits per heavy atom. The van der Waals surface area contributed by atoms with Gasteiger partial charge in [-0.2, -0.15) is 0 Å². The van der Waals surface area contributed by atoms with E-state index >= 15 is 0 Å². The number of nitrogens with one attached hydrogen (secondary N) is 1. The largest absolute Gasteiger partial charge is 0.477 e. The average Bonchev–Trinajstić information content (AvgIpc) is 3.54. The summed E-state index contributed by atoms with van der Waals surface area (Å²) in [6.45, 7) is 0. The summed E-state index contributed by atoms with van der Waals surface area (Å²) in [6, 6.07) is 1.18. The summed E-state index contributed by atoms with van der Waals surface area (Å²) in [5, 5.41) is 17.7. The minimum atomic E-state index is -1.15. The second-order valence-electron chi connectivity index (χ2n) is 8.67. The number of thioether (sulfide) groups is 2. The van der Waals surface area contributed by atoms with Gasteiger partial charge in [0.1, 0.15) is 37.0 Å². The molecular formula is C23H25N6O5S3+. The lowest BCUT2D eigenvalue weighted by atomic mass is 10.0. The van der Waals surface area contributed by atoms with E-state index in [4.69, 9.17) is 10.6 Å². The van der Waals surface area contributed by atoms with Crippen molar-refractivity contribution >= 4 is 63.5 Å². The van der Waals surface area contributed by atoms with E-state index in [1.807, 2.05) is 13.2 Å². The summed E-state index contributed by atoms with van der Waals surface area (Å²) < 4.78 is 2.15. The number of nitrogens with zero attached hydrogens (tertiary/aromatic N) is 4. The number of thiazole rings is 1. The van der Waals surface area contributed by atoms with Gasteiger partial charge < -0.3 is 21.0 Å². The van der Waals surface area contributed by atoms with Crippen molar-refractivity contribution in [1.82, 2.24) is 15.2 Å². The van der Waals surface area contributed by atoms with E-state index in [9.17, 15) is 19.5 Å². The van der Waals surface area contributed by atoms with Crippen molar-refractivity contribution in [2.45, 2.75) is 35.6 Å². The highest BCUT2D eigenvalue weighted by Crippen LogP contribution is 2.42. The fraction of sp³-hybridized carbons (Fsp3) is 0.391. The number of carboxylic acids is 1. The minimum Gasteiger partial charge on any atom is -0.477 e. The van der Waals surface area contributed by atoms with Crippen LogP contribution in [0, 0.1) is 0 Å². The molecule has 2 aromatic heterocycles. The number of carboxylic acid groups (broad SMARTS) is 1. The third-order valence-electron chi connectivity index (χ3n) is 6.46. The maximum Gasteiger partial charge on any atom is 0.352 e. The molecule has 0 unspecified atom stereocenters. The van der Waals surface area contributed by atoms with Gasteiger partial charge >= 0.3 is 5.97 Å². The summed E-state index contributed by atoms with van der Waals surface area (Å²) in [4.78, 5) is 49.5. The topological polar surface area (TPSA) is 151 Å². The van der Waals surface area contributed by atoms with Crippen molar-refractivity contribution in [2.75, 3.05) is 24.3 Å². The number of aromatic nitrogens is 2.